The molecule has 0 saturated carbocycles. The fourth-order valence-corrected chi connectivity index (χ4v) is 1.94. The Morgan fingerprint density at radius 2 is 1.17 bits per heavy atom. The van der Waals surface area contributed by atoms with Crippen LogP contribution in [0, 0.1) is 6.42 Å². The maximum Gasteiger partial charge on any atom is -0.0348 e. The van der Waals surface area contributed by atoms with Crippen LogP contribution in [0.25, 0.3) is 0 Å². The molecule has 1 radical (unpaired) electrons. The lowest BCUT2D eigenvalue weighted by Crippen LogP contribution is -1.79. The van der Waals surface area contributed by atoms with Gasteiger partial charge in [-0.3, -0.25) is 0 Å². The zero-order chi connectivity index (χ0) is 13.3. The third-order valence-electron chi connectivity index (χ3n) is 3.11. The van der Waals surface area contributed by atoms with Gasteiger partial charge in [-0.25, -0.2) is 0 Å². The van der Waals surface area contributed by atoms with Crippen molar-refractivity contribution in [2.75, 3.05) is 0 Å². The first-order valence-electron chi connectivity index (χ1n) is 8.03. The predicted octanol–water partition coefficient (Wildman–Crippen LogP) is 6.63. The van der Waals surface area contributed by atoms with Gasteiger partial charge in [-0.2, -0.15) is 0 Å². The highest BCUT2D eigenvalue weighted by atomic mass is 13.9. The summed E-state index contributed by atoms with van der Waals surface area (Å²) in [4.78, 5) is 0. The molecule has 0 aromatic rings. The molecule has 0 heterocycles. The largest absolute Gasteiger partial charge is 0.0888 e. The van der Waals surface area contributed by atoms with E-state index in [0.717, 1.165) is 0 Å². The quantitative estimate of drug-likeness (QED) is 0.254. The number of allylic oxidation sites excluding steroid dienone is 4. The molecule has 0 rings (SSSR count). The van der Waals surface area contributed by atoms with Crippen molar-refractivity contribution in [2.24, 2.45) is 0 Å². The average molecular weight is 249 g/mol. The summed E-state index contributed by atoms with van der Waals surface area (Å²) in [6.07, 6.45) is 26.0. The summed E-state index contributed by atoms with van der Waals surface area (Å²) in [7, 11) is 0. The first-order chi connectivity index (χ1) is 8.91. The van der Waals surface area contributed by atoms with Crippen molar-refractivity contribution in [1.82, 2.24) is 0 Å². The molecule has 0 heteroatoms. The van der Waals surface area contributed by atoms with E-state index < -0.39 is 0 Å². The summed E-state index contributed by atoms with van der Waals surface area (Å²) in [5.41, 5.74) is 0. The monoisotopic (exact) mass is 249 g/mol. The van der Waals surface area contributed by atoms with Gasteiger partial charge in [0.25, 0.3) is 0 Å². The number of unbranched alkanes of at least 4 members (excludes halogenated alkanes) is 9. The van der Waals surface area contributed by atoms with E-state index in [2.05, 4.69) is 44.6 Å². The van der Waals surface area contributed by atoms with Crippen molar-refractivity contribution < 1.29 is 0 Å². The molecule has 0 amide bonds. The number of rotatable bonds is 13. The fourth-order valence-electron chi connectivity index (χ4n) is 1.94. The van der Waals surface area contributed by atoms with Gasteiger partial charge in [0.2, 0.25) is 0 Å². The van der Waals surface area contributed by atoms with E-state index >= 15 is 0 Å². The van der Waals surface area contributed by atoms with E-state index in [0.29, 0.717) is 0 Å². The van der Waals surface area contributed by atoms with Crippen LogP contribution < -0.4 is 0 Å². The minimum absolute atomic E-state index is 1.18. The van der Waals surface area contributed by atoms with Crippen molar-refractivity contribution >= 4 is 0 Å². The highest BCUT2D eigenvalue weighted by molar-refractivity contribution is 4.84. The Balaban J connectivity index is 3.04. The lowest BCUT2D eigenvalue weighted by atomic mass is 10.1. The van der Waals surface area contributed by atoms with Crippen LogP contribution in [0.15, 0.2) is 24.3 Å². The first kappa shape index (κ1) is 17.5. The van der Waals surface area contributed by atoms with Crippen molar-refractivity contribution in [3.8, 4) is 0 Å². The Morgan fingerprint density at radius 1 is 0.556 bits per heavy atom. The van der Waals surface area contributed by atoms with Crippen molar-refractivity contribution in [3.63, 3.8) is 0 Å². The van der Waals surface area contributed by atoms with Crippen LogP contribution in [0.1, 0.15) is 84.5 Å². The zero-order valence-electron chi connectivity index (χ0n) is 12.7. The third kappa shape index (κ3) is 15.5. The number of hydrogen-bond acceptors (Lipinski definition) is 0. The molecule has 0 aliphatic rings. The topological polar surface area (TPSA) is 0 Å². The van der Waals surface area contributed by atoms with E-state index in [-0.39, 0.29) is 0 Å². The van der Waals surface area contributed by atoms with E-state index in [1.807, 2.05) is 0 Å². The van der Waals surface area contributed by atoms with Crippen LogP contribution in [-0.2, 0) is 0 Å². The summed E-state index contributed by atoms with van der Waals surface area (Å²) < 4.78 is 0. The minimum Gasteiger partial charge on any atom is -0.0888 e. The van der Waals surface area contributed by atoms with Crippen LogP contribution in [0.2, 0.25) is 0 Å². The molecule has 0 atom stereocenters. The molecule has 0 fully saturated rings. The molecule has 0 spiro atoms. The van der Waals surface area contributed by atoms with Gasteiger partial charge in [0.1, 0.15) is 0 Å². The molecule has 0 nitrogen and oxygen atoms in total. The Morgan fingerprint density at radius 3 is 1.89 bits per heavy atom. The SMILES string of the molecule is CC/C=C\CCCC[CH]CC/C=C\CCCCC. The molecule has 0 aromatic carbocycles. The molecule has 0 N–H and O–H groups in total. The normalized spacial score (nSPS) is 11.9. The molecule has 18 heavy (non-hydrogen) atoms. The summed E-state index contributed by atoms with van der Waals surface area (Å²) in [6.45, 7) is 4.46. The second kappa shape index (κ2) is 16.5. The summed E-state index contributed by atoms with van der Waals surface area (Å²) in [5, 5.41) is 0. The van der Waals surface area contributed by atoms with Crippen LogP contribution in [-0.4, -0.2) is 0 Å². The Kier molecular flexibility index (Phi) is 16.0. The standard InChI is InChI=1S/C18H33/c1-3-5-7-9-11-13-15-17-18-16-14-12-10-8-6-4-2/h5,7,12,14,17H,3-4,6,8-11,13,15-16,18H2,1-2H3/b7-5-,14-12-. The highest BCUT2D eigenvalue weighted by Crippen LogP contribution is 2.08. The Hall–Kier alpha value is -0.520. The molecule has 0 aliphatic carbocycles. The molecule has 0 bridgehead atoms. The molecular weight excluding hydrogens is 216 g/mol. The van der Waals surface area contributed by atoms with Gasteiger partial charge in [-0.1, -0.05) is 63.8 Å². The summed E-state index contributed by atoms with van der Waals surface area (Å²) in [5.74, 6) is 0. The smallest absolute Gasteiger partial charge is 0.0348 e. The zero-order valence-corrected chi connectivity index (χ0v) is 12.7. The third-order valence-corrected chi connectivity index (χ3v) is 3.11. The van der Waals surface area contributed by atoms with Crippen molar-refractivity contribution in [1.29, 1.82) is 0 Å². The van der Waals surface area contributed by atoms with E-state index in [1.54, 1.807) is 0 Å². The first-order valence-corrected chi connectivity index (χ1v) is 8.03. The summed E-state index contributed by atoms with van der Waals surface area (Å²) in [6, 6.07) is 0. The van der Waals surface area contributed by atoms with Crippen LogP contribution in [0.4, 0.5) is 0 Å². The molecule has 0 saturated heterocycles. The van der Waals surface area contributed by atoms with Gasteiger partial charge in [-0.15, -0.1) is 0 Å². The van der Waals surface area contributed by atoms with Gasteiger partial charge in [-0.05, 0) is 51.4 Å². The van der Waals surface area contributed by atoms with E-state index in [4.69, 9.17) is 0 Å². The molecule has 105 valence electrons. The molecule has 0 aromatic heterocycles. The Bertz CT molecular complexity index is 188. The van der Waals surface area contributed by atoms with Crippen LogP contribution >= 0.6 is 0 Å². The number of hydrogen-bond donors (Lipinski definition) is 0. The highest BCUT2D eigenvalue weighted by Gasteiger charge is 1.89. The maximum atomic E-state index is 2.46. The fraction of sp³-hybridized carbons (Fsp3) is 0.722. The van der Waals surface area contributed by atoms with Gasteiger partial charge in [0.05, 0.1) is 0 Å². The average Bonchev–Trinajstić information content (AvgIpc) is 2.39. The maximum absolute atomic E-state index is 2.46. The van der Waals surface area contributed by atoms with Gasteiger partial charge < -0.3 is 0 Å². The second-order valence-corrected chi connectivity index (χ2v) is 5.00. The van der Waals surface area contributed by atoms with Gasteiger partial charge in [0.15, 0.2) is 0 Å². The Labute approximate surface area is 116 Å². The predicted molar refractivity (Wildman–Crippen MR) is 84.7 cm³/mol. The van der Waals surface area contributed by atoms with Crippen molar-refractivity contribution in [3.05, 3.63) is 30.7 Å². The lowest BCUT2D eigenvalue weighted by Gasteiger charge is -1.98. The minimum atomic E-state index is 1.18. The van der Waals surface area contributed by atoms with Crippen molar-refractivity contribution in [2.45, 2.75) is 84.5 Å². The van der Waals surface area contributed by atoms with E-state index in [9.17, 15) is 0 Å². The van der Waals surface area contributed by atoms with Crippen LogP contribution in [0.3, 0.4) is 0 Å². The van der Waals surface area contributed by atoms with Crippen LogP contribution in [0.5, 0.6) is 0 Å². The second-order valence-electron chi connectivity index (χ2n) is 5.00. The molecule has 0 unspecified atom stereocenters. The van der Waals surface area contributed by atoms with Gasteiger partial charge >= 0.3 is 0 Å². The lowest BCUT2D eigenvalue weighted by molar-refractivity contribution is 0.712. The molecule has 0 aliphatic heterocycles. The van der Waals surface area contributed by atoms with E-state index in [1.165, 1.54) is 70.6 Å². The van der Waals surface area contributed by atoms with Gasteiger partial charge in [0, 0.05) is 0 Å². The molecular formula is C18H33. The summed E-state index contributed by atoms with van der Waals surface area (Å²) >= 11 is 0.